The van der Waals surface area contributed by atoms with E-state index in [-0.39, 0.29) is 6.04 Å². The van der Waals surface area contributed by atoms with Crippen LogP contribution in [0.5, 0.6) is 5.75 Å². The first-order valence-corrected chi connectivity index (χ1v) is 10.5. The molecule has 0 fully saturated rings. The summed E-state index contributed by atoms with van der Waals surface area (Å²) < 4.78 is 36.5. The molecule has 1 aliphatic heterocycles. The van der Waals surface area contributed by atoms with E-state index < -0.39 is 10.0 Å². The highest BCUT2D eigenvalue weighted by molar-refractivity contribution is 7.92. The standard InChI is InChI=1S/C19H23N3O4S/c1-25-18-9-4-3-8-16(18)17(21-19-20-10-11-26-19)13-14-6-5-7-15(12-14)22-27(2,23)24/h3-9,12,17,22H,10-11,13H2,1-2H3,(H,20,21). The summed E-state index contributed by atoms with van der Waals surface area (Å²) in [6, 6.07) is 15.4. The summed E-state index contributed by atoms with van der Waals surface area (Å²) in [6.07, 6.45) is 1.73. The van der Waals surface area contributed by atoms with Crippen molar-refractivity contribution in [1.82, 2.24) is 5.32 Å². The van der Waals surface area contributed by atoms with Crippen LogP contribution in [0.1, 0.15) is 17.2 Å². The van der Waals surface area contributed by atoms with Crippen LogP contribution in [0.4, 0.5) is 5.69 Å². The third-order valence-corrected chi connectivity index (χ3v) is 4.67. The molecule has 27 heavy (non-hydrogen) atoms. The molecule has 7 nitrogen and oxygen atoms in total. The SMILES string of the molecule is COc1ccccc1C(Cc1cccc(NS(C)(=O)=O)c1)NC1=NCCO1. The fourth-order valence-electron chi connectivity index (χ4n) is 2.98. The maximum absolute atomic E-state index is 11.5. The lowest BCUT2D eigenvalue weighted by Gasteiger charge is -2.22. The molecule has 0 aliphatic carbocycles. The first-order chi connectivity index (χ1) is 12.9. The molecule has 8 heteroatoms. The molecule has 1 unspecified atom stereocenters. The van der Waals surface area contributed by atoms with Gasteiger partial charge in [-0.1, -0.05) is 30.3 Å². The highest BCUT2D eigenvalue weighted by Gasteiger charge is 2.20. The van der Waals surface area contributed by atoms with Crippen LogP contribution < -0.4 is 14.8 Å². The fourth-order valence-corrected chi connectivity index (χ4v) is 3.53. The topological polar surface area (TPSA) is 89.0 Å². The van der Waals surface area contributed by atoms with Crippen molar-refractivity contribution in [2.24, 2.45) is 4.99 Å². The minimum atomic E-state index is -3.33. The van der Waals surface area contributed by atoms with Gasteiger partial charge < -0.3 is 14.8 Å². The van der Waals surface area contributed by atoms with Gasteiger partial charge in [0.15, 0.2) is 0 Å². The summed E-state index contributed by atoms with van der Waals surface area (Å²) in [4.78, 5) is 4.31. The van der Waals surface area contributed by atoms with Crippen molar-refractivity contribution in [2.45, 2.75) is 12.5 Å². The summed E-state index contributed by atoms with van der Waals surface area (Å²) in [5.74, 6) is 0.763. The highest BCUT2D eigenvalue weighted by atomic mass is 32.2. The van der Waals surface area contributed by atoms with E-state index in [1.807, 2.05) is 42.5 Å². The smallest absolute Gasteiger partial charge is 0.285 e. The molecule has 0 bridgehead atoms. The summed E-state index contributed by atoms with van der Waals surface area (Å²) in [7, 11) is -1.69. The number of amidine groups is 1. The minimum Gasteiger partial charge on any atom is -0.496 e. The fraction of sp³-hybridized carbons (Fsp3) is 0.316. The average Bonchev–Trinajstić information content (AvgIpc) is 3.13. The van der Waals surface area contributed by atoms with Crippen molar-refractivity contribution in [3.63, 3.8) is 0 Å². The molecule has 3 rings (SSSR count). The molecular formula is C19H23N3O4S. The molecular weight excluding hydrogens is 366 g/mol. The van der Waals surface area contributed by atoms with Gasteiger partial charge in [-0.25, -0.2) is 13.4 Å². The average molecular weight is 389 g/mol. The lowest BCUT2D eigenvalue weighted by Crippen LogP contribution is -2.30. The summed E-state index contributed by atoms with van der Waals surface area (Å²) in [6.45, 7) is 1.20. The number of sulfonamides is 1. The van der Waals surface area contributed by atoms with E-state index in [0.717, 1.165) is 23.1 Å². The van der Waals surface area contributed by atoms with E-state index >= 15 is 0 Å². The predicted octanol–water partition coefficient (Wildman–Crippen LogP) is 2.33. The van der Waals surface area contributed by atoms with Gasteiger partial charge in [-0.05, 0) is 30.2 Å². The Morgan fingerprint density at radius 2 is 2.04 bits per heavy atom. The van der Waals surface area contributed by atoms with E-state index in [0.29, 0.717) is 31.3 Å². The molecule has 2 N–H and O–H groups in total. The van der Waals surface area contributed by atoms with E-state index in [2.05, 4.69) is 15.0 Å². The van der Waals surface area contributed by atoms with Gasteiger partial charge in [0.25, 0.3) is 6.02 Å². The Hall–Kier alpha value is -2.74. The largest absolute Gasteiger partial charge is 0.496 e. The molecule has 0 saturated heterocycles. The quantitative estimate of drug-likeness (QED) is 0.759. The Kier molecular flexibility index (Phi) is 5.85. The van der Waals surface area contributed by atoms with Gasteiger partial charge >= 0.3 is 0 Å². The van der Waals surface area contributed by atoms with Crippen LogP contribution in [0.25, 0.3) is 0 Å². The maximum Gasteiger partial charge on any atom is 0.285 e. The van der Waals surface area contributed by atoms with Gasteiger partial charge in [0.05, 0.1) is 26.0 Å². The number of aliphatic imine (C=N–C) groups is 1. The Labute approximate surface area is 159 Å². The van der Waals surface area contributed by atoms with Crippen LogP contribution in [0.15, 0.2) is 53.5 Å². The third-order valence-electron chi connectivity index (χ3n) is 4.07. The number of nitrogens with one attached hydrogen (secondary N) is 2. The predicted molar refractivity (Wildman–Crippen MR) is 106 cm³/mol. The minimum absolute atomic E-state index is 0.147. The molecule has 0 amide bonds. The van der Waals surface area contributed by atoms with Crippen LogP contribution >= 0.6 is 0 Å². The third kappa shape index (κ3) is 5.37. The van der Waals surface area contributed by atoms with Crippen LogP contribution in [-0.2, 0) is 21.2 Å². The lowest BCUT2D eigenvalue weighted by atomic mass is 9.98. The number of nitrogens with zero attached hydrogens (tertiary/aromatic N) is 1. The molecule has 2 aromatic carbocycles. The number of hydrogen-bond acceptors (Lipinski definition) is 6. The van der Waals surface area contributed by atoms with Crippen molar-refractivity contribution in [3.05, 3.63) is 59.7 Å². The molecule has 0 saturated carbocycles. The van der Waals surface area contributed by atoms with E-state index in [1.165, 1.54) is 0 Å². The van der Waals surface area contributed by atoms with Gasteiger partial charge in [0.2, 0.25) is 10.0 Å². The molecule has 0 spiro atoms. The number of hydrogen-bond donors (Lipinski definition) is 2. The number of anilines is 1. The second kappa shape index (κ2) is 8.30. The van der Waals surface area contributed by atoms with Crippen LogP contribution in [0.2, 0.25) is 0 Å². The Balaban J connectivity index is 1.88. The Morgan fingerprint density at radius 1 is 1.22 bits per heavy atom. The second-order valence-corrected chi connectivity index (χ2v) is 8.00. The summed E-state index contributed by atoms with van der Waals surface area (Å²) in [5, 5.41) is 3.33. The van der Waals surface area contributed by atoms with Crippen molar-refractivity contribution < 1.29 is 17.9 Å². The lowest BCUT2D eigenvalue weighted by molar-refractivity contribution is 0.323. The zero-order valence-corrected chi connectivity index (χ0v) is 16.1. The van der Waals surface area contributed by atoms with E-state index in [1.54, 1.807) is 13.2 Å². The molecule has 0 radical (unpaired) electrons. The van der Waals surface area contributed by atoms with E-state index in [9.17, 15) is 8.42 Å². The maximum atomic E-state index is 11.5. The van der Waals surface area contributed by atoms with Crippen LogP contribution in [-0.4, -0.2) is 41.0 Å². The van der Waals surface area contributed by atoms with Gasteiger partial charge in [-0.15, -0.1) is 0 Å². The molecule has 0 aromatic heterocycles. The first kappa shape index (κ1) is 19.0. The zero-order chi connectivity index (χ0) is 19.3. The van der Waals surface area contributed by atoms with Crippen LogP contribution in [0.3, 0.4) is 0 Å². The molecule has 1 heterocycles. The number of para-hydroxylation sites is 1. The number of rotatable bonds is 7. The van der Waals surface area contributed by atoms with Gasteiger partial charge in [-0.3, -0.25) is 4.72 Å². The monoisotopic (exact) mass is 389 g/mol. The summed E-state index contributed by atoms with van der Waals surface area (Å²) in [5.41, 5.74) is 2.47. The normalized spacial score (nSPS) is 14.8. The van der Waals surface area contributed by atoms with Gasteiger partial charge in [0.1, 0.15) is 12.4 Å². The molecule has 144 valence electrons. The second-order valence-electron chi connectivity index (χ2n) is 6.25. The van der Waals surface area contributed by atoms with Crippen molar-refractivity contribution in [1.29, 1.82) is 0 Å². The van der Waals surface area contributed by atoms with Crippen LogP contribution in [0, 0.1) is 0 Å². The van der Waals surface area contributed by atoms with Gasteiger partial charge in [0, 0.05) is 11.3 Å². The zero-order valence-electron chi connectivity index (χ0n) is 15.3. The van der Waals surface area contributed by atoms with Gasteiger partial charge in [-0.2, -0.15) is 0 Å². The number of methoxy groups -OCH3 is 1. The molecule has 1 atom stereocenters. The van der Waals surface area contributed by atoms with Crippen molar-refractivity contribution in [2.75, 3.05) is 31.2 Å². The number of benzene rings is 2. The molecule has 1 aliphatic rings. The Morgan fingerprint density at radius 3 is 2.74 bits per heavy atom. The van der Waals surface area contributed by atoms with Crippen molar-refractivity contribution in [3.8, 4) is 5.75 Å². The number of ether oxygens (including phenoxy) is 2. The summed E-state index contributed by atoms with van der Waals surface area (Å²) >= 11 is 0. The Bertz CT molecular complexity index is 928. The highest BCUT2D eigenvalue weighted by Crippen LogP contribution is 2.28. The van der Waals surface area contributed by atoms with Crippen molar-refractivity contribution >= 4 is 21.7 Å². The molecule has 2 aromatic rings. The first-order valence-electron chi connectivity index (χ1n) is 8.58. The van der Waals surface area contributed by atoms with E-state index in [4.69, 9.17) is 9.47 Å².